The van der Waals surface area contributed by atoms with Crippen LogP contribution in [0.3, 0.4) is 0 Å². The summed E-state index contributed by atoms with van der Waals surface area (Å²) >= 11 is 3.42. The number of rotatable bonds is 8. The number of ether oxygens (including phenoxy) is 1. The van der Waals surface area contributed by atoms with Crippen LogP contribution in [0.15, 0.2) is 29.3 Å². The molecule has 0 N–H and O–H groups in total. The second kappa shape index (κ2) is 8.79. The van der Waals surface area contributed by atoms with E-state index in [-0.39, 0.29) is 0 Å². The predicted molar refractivity (Wildman–Crippen MR) is 110 cm³/mol. The van der Waals surface area contributed by atoms with Gasteiger partial charge in [0.05, 0.1) is 16.8 Å². The van der Waals surface area contributed by atoms with Gasteiger partial charge in [-0.05, 0) is 44.3 Å². The van der Waals surface area contributed by atoms with E-state index in [9.17, 15) is 0 Å². The third-order valence-electron chi connectivity index (χ3n) is 4.30. The Bertz CT molecular complexity index is 860. The van der Waals surface area contributed by atoms with Crippen LogP contribution >= 0.6 is 23.1 Å². The molecule has 0 bridgehead atoms. The molecule has 0 atom stereocenters. The molecule has 0 fully saturated rings. The van der Waals surface area contributed by atoms with Crippen LogP contribution in [0.2, 0.25) is 0 Å². The van der Waals surface area contributed by atoms with Crippen LogP contribution in [-0.2, 0) is 0 Å². The molecule has 7 heteroatoms. The Morgan fingerprint density at radius 2 is 1.85 bits per heavy atom. The van der Waals surface area contributed by atoms with Crippen molar-refractivity contribution in [1.82, 2.24) is 20.1 Å². The maximum absolute atomic E-state index is 5.24. The molecule has 2 aromatic heterocycles. The summed E-state index contributed by atoms with van der Waals surface area (Å²) in [6.45, 7) is 9.62. The first-order valence-corrected chi connectivity index (χ1v) is 10.6. The first-order chi connectivity index (χ1) is 12.7. The van der Waals surface area contributed by atoms with Gasteiger partial charge >= 0.3 is 0 Å². The number of hydrogen-bond donors (Lipinski definition) is 0. The normalized spacial score (nSPS) is 11.4. The standard InChI is InChI=1S/C19H24N4OS2/c1-5-23(6-2)11-12-25-19-17-18(26-13(3)20-17)16(21-22-19)14-7-9-15(24-4)10-8-14/h7-10H,5-6,11-12H2,1-4H3. The molecule has 0 amide bonds. The van der Waals surface area contributed by atoms with Gasteiger partial charge in [-0.3, -0.25) is 0 Å². The van der Waals surface area contributed by atoms with E-state index < -0.39 is 0 Å². The number of hydrogen-bond acceptors (Lipinski definition) is 7. The summed E-state index contributed by atoms with van der Waals surface area (Å²) in [5, 5.41) is 11.0. The van der Waals surface area contributed by atoms with Gasteiger partial charge in [-0.2, -0.15) is 0 Å². The van der Waals surface area contributed by atoms with Crippen LogP contribution in [0.1, 0.15) is 18.9 Å². The van der Waals surface area contributed by atoms with Crippen molar-refractivity contribution in [2.24, 2.45) is 0 Å². The molecule has 1 aromatic carbocycles. The summed E-state index contributed by atoms with van der Waals surface area (Å²) in [6.07, 6.45) is 0. The molecule has 0 unspecified atom stereocenters. The summed E-state index contributed by atoms with van der Waals surface area (Å²) in [5.74, 6) is 1.83. The van der Waals surface area contributed by atoms with Crippen LogP contribution < -0.4 is 4.74 Å². The molecule has 0 aliphatic rings. The van der Waals surface area contributed by atoms with Gasteiger partial charge in [-0.15, -0.1) is 33.3 Å². The molecule has 3 rings (SSSR count). The van der Waals surface area contributed by atoms with E-state index in [4.69, 9.17) is 9.72 Å². The highest BCUT2D eigenvalue weighted by Crippen LogP contribution is 2.35. The monoisotopic (exact) mass is 388 g/mol. The van der Waals surface area contributed by atoms with Gasteiger partial charge < -0.3 is 9.64 Å². The van der Waals surface area contributed by atoms with Crippen molar-refractivity contribution in [3.8, 4) is 17.0 Å². The molecular weight excluding hydrogens is 364 g/mol. The van der Waals surface area contributed by atoms with Gasteiger partial charge in [0.2, 0.25) is 0 Å². The zero-order valence-electron chi connectivity index (χ0n) is 15.7. The topological polar surface area (TPSA) is 51.1 Å². The lowest BCUT2D eigenvalue weighted by molar-refractivity contribution is 0.324. The van der Waals surface area contributed by atoms with Crippen molar-refractivity contribution in [2.75, 3.05) is 32.5 Å². The largest absolute Gasteiger partial charge is 0.497 e. The van der Waals surface area contributed by atoms with Crippen LogP contribution in [0, 0.1) is 6.92 Å². The fourth-order valence-electron chi connectivity index (χ4n) is 2.77. The molecule has 0 radical (unpaired) electrons. The highest BCUT2D eigenvalue weighted by Gasteiger charge is 2.16. The van der Waals surface area contributed by atoms with E-state index in [1.165, 1.54) is 0 Å². The highest BCUT2D eigenvalue weighted by molar-refractivity contribution is 7.99. The van der Waals surface area contributed by atoms with Crippen molar-refractivity contribution in [3.05, 3.63) is 29.3 Å². The van der Waals surface area contributed by atoms with Gasteiger partial charge in [0.25, 0.3) is 0 Å². The third kappa shape index (κ3) is 4.16. The molecule has 0 aliphatic heterocycles. The molecular formula is C19H24N4OS2. The number of thioether (sulfide) groups is 1. The summed E-state index contributed by atoms with van der Waals surface area (Å²) in [6, 6.07) is 7.93. The first-order valence-electron chi connectivity index (χ1n) is 8.79. The summed E-state index contributed by atoms with van der Waals surface area (Å²) in [5.41, 5.74) is 2.89. The lowest BCUT2D eigenvalue weighted by Crippen LogP contribution is -2.25. The maximum atomic E-state index is 5.24. The van der Waals surface area contributed by atoms with Gasteiger partial charge in [-0.25, -0.2) is 4.98 Å². The van der Waals surface area contributed by atoms with Crippen molar-refractivity contribution < 1.29 is 4.74 Å². The van der Waals surface area contributed by atoms with Crippen LogP contribution in [0.25, 0.3) is 21.5 Å². The average molecular weight is 389 g/mol. The van der Waals surface area contributed by atoms with Gasteiger partial charge in [0.1, 0.15) is 22.0 Å². The van der Waals surface area contributed by atoms with Gasteiger partial charge in [0.15, 0.2) is 0 Å². The maximum Gasteiger partial charge on any atom is 0.146 e. The SMILES string of the molecule is CCN(CC)CCSc1nnc(-c2ccc(OC)cc2)c2sc(C)nc12. The number of fused-ring (bicyclic) bond motifs is 1. The highest BCUT2D eigenvalue weighted by atomic mass is 32.2. The minimum absolute atomic E-state index is 0.835. The predicted octanol–water partition coefficient (Wildman–Crippen LogP) is 4.50. The van der Waals surface area contributed by atoms with E-state index in [0.29, 0.717) is 0 Å². The summed E-state index contributed by atoms with van der Waals surface area (Å²) in [4.78, 5) is 7.14. The van der Waals surface area contributed by atoms with E-state index in [1.54, 1.807) is 30.2 Å². The smallest absolute Gasteiger partial charge is 0.146 e. The number of benzene rings is 1. The zero-order valence-corrected chi connectivity index (χ0v) is 17.3. The average Bonchev–Trinajstić information content (AvgIpc) is 3.07. The fraction of sp³-hybridized carbons (Fsp3) is 0.421. The Morgan fingerprint density at radius 3 is 2.50 bits per heavy atom. The third-order valence-corrected chi connectivity index (χ3v) is 6.21. The van der Waals surface area contributed by atoms with Crippen LogP contribution in [0.4, 0.5) is 0 Å². The van der Waals surface area contributed by atoms with E-state index in [2.05, 4.69) is 28.9 Å². The minimum Gasteiger partial charge on any atom is -0.497 e. The Hall–Kier alpha value is -1.70. The van der Waals surface area contributed by atoms with E-state index in [1.807, 2.05) is 31.2 Å². The molecule has 2 heterocycles. The molecule has 0 aliphatic carbocycles. The lowest BCUT2D eigenvalue weighted by atomic mass is 10.1. The quantitative estimate of drug-likeness (QED) is 0.530. The molecule has 138 valence electrons. The summed E-state index contributed by atoms with van der Waals surface area (Å²) < 4.78 is 6.35. The van der Waals surface area contributed by atoms with Crippen molar-refractivity contribution >= 4 is 33.3 Å². The van der Waals surface area contributed by atoms with Gasteiger partial charge in [0, 0.05) is 17.9 Å². The number of thiazole rings is 1. The van der Waals surface area contributed by atoms with Crippen molar-refractivity contribution in [1.29, 1.82) is 0 Å². The van der Waals surface area contributed by atoms with Crippen LogP contribution in [-0.4, -0.2) is 52.6 Å². The molecule has 3 aromatic rings. The Balaban J connectivity index is 1.88. The molecule has 0 saturated heterocycles. The number of methoxy groups -OCH3 is 1. The minimum atomic E-state index is 0.835. The second-order valence-electron chi connectivity index (χ2n) is 5.87. The zero-order chi connectivity index (χ0) is 18.5. The Kier molecular flexibility index (Phi) is 6.45. The fourth-order valence-corrected chi connectivity index (χ4v) is 4.68. The first kappa shape index (κ1) is 19.1. The Labute approximate surface area is 162 Å². The van der Waals surface area contributed by atoms with E-state index in [0.717, 1.165) is 62.6 Å². The second-order valence-corrected chi connectivity index (χ2v) is 8.16. The Morgan fingerprint density at radius 1 is 1.12 bits per heavy atom. The molecule has 0 saturated carbocycles. The molecule has 5 nitrogen and oxygen atoms in total. The van der Waals surface area contributed by atoms with Crippen molar-refractivity contribution in [2.45, 2.75) is 25.8 Å². The number of aryl methyl sites for hydroxylation is 1. The number of nitrogens with zero attached hydrogens (tertiary/aromatic N) is 4. The van der Waals surface area contributed by atoms with E-state index >= 15 is 0 Å². The van der Waals surface area contributed by atoms with Crippen LogP contribution in [0.5, 0.6) is 5.75 Å². The molecule has 26 heavy (non-hydrogen) atoms. The summed E-state index contributed by atoms with van der Waals surface area (Å²) in [7, 11) is 1.67. The molecule has 0 spiro atoms. The van der Waals surface area contributed by atoms with Gasteiger partial charge in [-0.1, -0.05) is 13.8 Å². The lowest BCUT2D eigenvalue weighted by Gasteiger charge is -2.17. The number of aromatic nitrogens is 3. The van der Waals surface area contributed by atoms with Crippen molar-refractivity contribution in [3.63, 3.8) is 0 Å².